The first-order valence-corrected chi connectivity index (χ1v) is 9.49. The van der Waals surface area contributed by atoms with Gasteiger partial charge in [0.05, 0.1) is 0 Å². The van der Waals surface area contributed by atoms with Gasteiger partial charge in [0.15, 0.2) is 5.69 Å². The van der Waals surface area contributed by atoms with Gasteiger partial charge in [0.2, 0.25) is 5.95 Å². The van der Waals surface area contributed by atoms with Crippen molar-refractivity contribution in [3.8, 4) is 0 Å². The quantitative estimate of drug-likeness (QED) is 0.841. The van der Waals surface area contributed by atoms with E-state index in [0.717, 1.165) is 19.3 Å². The van der Waals surface area contributed by atoms with Gasteiger partial charge in [-0.25, -0.2) is 4.98 Å². The van der Waals surface area contributed by atoms with Crippen LogP contribution in [0.4, 0.5) is 24.9 Å². The van der Waals surface area contributed by atoms with Crippen LogP contribution in [0.5, 0.6) is 0 Å². The van der Waals surface area contributed by atoms with Crippen LogP contribution in [0.15, 0.2) is 0 Å². The van der Waals surface area contributed by atoms with Crippen molar-refractivity contribution in [3.63, 3.8) is 0 Å². The van der Waals surface area contributed by atoms with E-state index >= 15 is 0 Å². The van der Waals surface area contributed by atoms with Gasteiger partial charge in [-0.3, -0.25) is 4.79 Å². The molecule has 1 aromatic rings. The topological polar surface area (TPSA) is 69.6 Å². The fourth-order valence-corrected chi connectivity index (χ4v) is 4.37. The molecule has 0 spiro atoms. The van der Waals surface area contributed by atoms with E-state index in [1.165, 1.54) is 0 Å². The van der Waals surface area contributed by atoms with Crippen LogP contribution in [-0.2, 0) is 17.4 Å². The lowest BCUT2D eigenvalue weighted by atomic mass is 9.76. The average molecular weight is 384 g/mol. The number of fused-ring (bicyclic) bond motifs is 1. The van der Waals surface area contributed by atoms with Crippen molar-refractivity contribution in [2.24, 2.45) is 5.92 Å². The second-order valence-corrected chi connectivity index (χ2v) is 7.78. The molecule has 3 aliphatic rings. The van der Waals surface area contributed by atoms with Gasteiger partial charge in [-0.05, 0) is 44.9 Å². The van der Waals surface area contributed by atoms with Crippen molar-refractivity contribution in [2.75, 3.05) is 22.9 Å². The Balaban J connectivity index is 1.65. The van der Waals surface area contributed by atoms with E-state index in [1.54, 1.807) is 0 Å². The summed E-state index contributed by atoms with van der Waals surface area (Å²) in [4.78, 5) is 23.1. The molecule has 6 nitrogen and oxygen atoms in total. The first-order valence-electron chi connectivity index (χ1n) is 9.49. The number of anilines is 2. The number of rotatable bonds is 5. The predicted molar refractivity (Wildman–Crippen MR) is 92.9 cm³/mol. The third-order valence-corrected chi connectivity index (χ3v) is 6.20. The van der Waals surface area contributed by atoms with E-state index in [-0.39, 0.29) is 42.4 Å². The van der Waals surface area contributed by atoms with Gasteiger partial charge in [0, 0.05) is 37.2 Å². The fourth-order valence-electron chi connectivity index (χ4n) is 4.37. The number of hydrogen-bond donors (Lipinski definition) is 1. The van der Waals surface area contributed by atoms with E-state index in [9.17, 15) is 18.0 Å². The lowest BCUT2D eigenvalue weighted by Crippen LogP contribution is -2.48. The number of carbonyl (C=O) groups is 1. The standard InChI is InChI=1S/C18H23F3N4O2/c1-10-6-8-24(10)17-22-15(18(19,20)21)12-7-9-25(16(12)23-17)13-4-2-11(13)3-5-14(26)27/h10-11,13H,2-9H2,1H3,(H,26,27)/t10-,11-,13+/m0/s1. The molecule has 0 amide bonds. The number of hydrogen-bond acceptors (Lipinski definition) is 5. The maximum atomic E-state index is 13.6. The maximum Gasteiger partial charge on any atom is 0.433 e. The fraction of sp³-hybridized carbons (Fsp3) is 0.722. The molecular weight excluding hydrogens is 361 g/mol. The van der Waals surface area contributed by atoms with E-state index in [0.29, 0.717) is 25.3 Å². The van der Waals surface area contributed by atoms with Gasteiger partial charge in [0.1, 0.15) is 5.82 Å². The number of carboxylic acid groups (broad SMARTS) is 1. The molecule has 3 heterocycles. The number of aromatic nitrogens is 2. The zero-order chi connectivity index (χ0) is 19.3. The second kappa shape index (κ2) is 6.53. The Morgan fingerprint density at radius 3 is 2.48 bits per heavy atom. The second-order valence-electron chi connectivity index (χ2n) is 7.78. The normalized spacial score (nSPS) is 27.2. The monoisotopic (exact) mass is 384 g/mol. The van der Waals surface area contributed by atoms with E-state index in [4.69, 9.17) is 5.11 Å². The van der Waals surface area contributed by atoms with Gasteiger partial charge in [-0.1, -0.05) is 0 Å². The molecule has 1 aromatic heterocycles. The number of aliphatic carboxylic acids is 1. The maximum absolute atomic E-state index is 13.6. The Kier molecular flexibility index (Phi) is 4.43. The summed E-state index contributed by atoms with van der Waals surface area (Å²) in [6, 6.07) is 0.217. The highest BCUT2D eigenvalue weighted by atomic mass is 19.4. The molecule has 4 rings (SSSR count). The van der Waals surface area contributed by atoms with Crippen LogP contribution in [-0.4, -0.2) is 46.2 Å². The molecule has 2 fully saturated rings. The Morgan fingerprint density at radius 1 is 1.19 bits per heavy atom. The Labute approximate surface area is 155 Å². The molecule has 0 bridgehead atoms. The first-order chi connectivity index (χ1) is 12.8. The molecule has 148 valence electrons. The highest BCUT2D eigenvalue weighted by Crippen LogP contribution is 2.44. The summed E-state index contributed by atoms with van der Waals surface area (Å²) in [6.45, 7) is 3.11. The molecule has 0 aromatic carbocycles. The SMILES string of the molecule is C[C@H]1CCN1c1nc2c(c(C(F)(F)F)n1)CCN2[C@@H]1CC[C@H]1CCC(=O)O. The number of halogens is 3. The lowest BCUT2D eigenvalue weighted by molar-refractivity contribution is -0.141. The minimum atomic E-state index is -4.51. The highest BCUT2D eigenvalue weighted by molar-refractivity contribution is 5.66. The van der Waals surface area contributed by atoms with Gasteiger partial charge < -0.3 is 14.9 Å². The van der Waals surface area contributed by atoms with Crippen LogP contribution >= 0.6 is 0 Å². The molecule has 1 saturated carbocycles. The third kappa shape index (κ3) is 3.21. The van der Waals surface area contributed by atoms with E-state index < -0.39 is 17.8 Å². The average Bonchev–Trinajstić information content (AvgIpc) is 2.94. The molecular formula is C18H23F3N4O2. The summed E-state index contributed by atoms with van der Waals surface area (Å²) in [5.41, 5.74) is -0.631. The Morgan fingerprint density at radius 2 is 1.96 bits per heavy atom. The lowest BCUT2D eigenvalue weighted by Gasteiger charge is -2.44. The van der Waals surface area contributed by atoms with Crippen molar-refractivity contribution < 1.29 is 23.1 Å². The molecule has 1 aliphatic carbocycles. The molecule has 0 radical (unpaired) electrons. The molecule has 2 aliphatic heterocycles. The summed E-state index contributed by atoms with van der Waals surface area (Å²) in [7, 11) is 0. The third-order valence-electron chi connectivity index (χ3n) is 6.20. The first kappa shape index (κ1) is 18.3. The van der Waals surface area contributed by atoms with Crippen molar-refractivity contribution >= 4 is 17.7 Å². The largest absolute Gasteiger partial charge is 0.481 e. The smallest absolute Gasteiger partial charge is 0.433 e. The Bertz CT molecular complexity index is 755. The van der Waals surface area contributed by atoms with Crippen molar-refractivity contribution in [1.82, 2.24) is 9.97 Å². The van der Waals surface area contributed by atoms with Crippen molar-refractivity contribution in [1.29, 1.82) is 0 Å². The predicted octanol–water partition coefficient (Wildman–Crippen LogP) is 3.10. The zero-order valence-electron chi connectivity index (χ0n) is 15.2. The van der Waals surface area contributed by atoms with Crippen LogP contribution in [0.1, 0.15) is 50.3 Å². The molecule has 1 saturated heterocycles. The number of nitrogens with zero attached hydrogens (tertiary/aromatic N) is 4. The molecule has 1 N–H and O–H groups in total. The molecule has 9 heteroatoms. The summed E-state index contributed by atoms with van der Waals surface area (Å²) in [6.07, 6.45) is -0.877. The van der Waals surface area contributed by atoms with Crippen LogP contribution in [0.2, 0.25) is 0 Å². The molecule has 0 unspecified atom stereocenters. The molecule has 3 atom stereocenters. The summed E-state index contributed by atoms with van der Waals surface area (Å²) >= 11 is 0. The van der Waals surface area contributed by atoms with Gasteiger partial charge in [-0.2, -0.15) is 18.2 Å². The van der Waals surface area contributed by atoms with Gasteiger partial charge in [0.25, 0.3) is 0 Å². The van der Waals surface area contributed by atoms with Crippen LogP contribution in [0.3, 0.4) is 0 Å². The highest BCUT2D eigenvalue weighted by Gasteiger charge is 2.45. The van der Waals surface area contributed by atoms with Crippen molar-refractivity contribution in [3.05, 3.63) is 11.3 Å². The summed E-state index contributed by atoms with van der Waals surface area (Å²) in [5, 5.41) is 8.91. The minimum Gasteiger partial charge on any atom is -0.481 e. The summed E-state index contributed by atoms with van der Waals surface area (Å²) < 4.78 is 40.9. The van der Waals surface area contributed by atoms with Crippen LogP contribution in [0, 0.1) is 5.92 Å². The Hall–Kier alpha value is -2.06. The number of carboxylic acids is 1. The van der Waals surface area contributed by atoms with Crippen molar-refractivity contribution in [2.45, 2.75) is 63.7 Å². The van der Waals surface area contributed by atoms with Gasteiger partial charge >= 0.3 is 12.1 Å². The van der Waals surface area contributed by atoms with Crippen LogP contribution < -0.4 is 9.80 Å². The van der Waals surface area contributed by atoms with Crippen LogP contribution in [0.25, 0.3) is 0 Å². The van der Waals surface area contributed by atoms with Gasteiger partial charge in [-0.15, -0.1) is 0 Å². The summed E-state index contributed by atoms with van der Waals surface area (Å²) in [5.74, 6) is -0.0782. The number of alkyl halides is 3. The van der Waals surface area contributed by atoms with E-state index in [1.807, 2.05) is 16.7 Å². The van der Waals surface area contributed by atoms with E-state index in [2.05, 4.69) is 9.97 Å². The minimum absolute atomic E-state index is 0.0725. The molecule has 27 heavy (non-hydrogen) atoms. The zero-order valence-corrected chi connectivity index (χ0v) is 15.2.